The number of nitrogens with two attached hydrogens (primary N) is 1. The average molecular weight is 259 g/mol. The number of rotatable bonds is 6. The maximum Gasteiger partial charge on any atom is 0.329 e. The molecule has 3 N–H and O–H groups in total. The van der Waals surface area contributed by atoms with Gasteiger partial charge in [-0.2, -0.15) is 0 Å². The van der Waals surface area contributed by atoms with E-state index in [1.165, 1.54) is 6.07 Å². The second kappa shape index (κ2) is 6.47. The Hall–Kier alpha value is -2.26. The van der Waals surface area contributed by atoms with E-state index in [4.69, 9.17) is 10.6 Å². The van der Waals surface area contributed by atoms with E-state index in [0.717, 1.165) is 12.1 Å². The Kier molecular flexibility index (Phi) is 4.96. The van der Waals surface area contributed by atoms with Crippen molar-refractivity contribution in [2.75, 3.05) is 6.61 Å². The van der Waals surface area contributed by atoms with Gasteiger partial charge in [-0.1, -0.05) is 11.7 Å². The van der Waals surface area contributed by atoms with Crippen LogP contribution in [0.2, 0.25) is 0 Å². The van der Waals surface area contributed by atoms with Crippen LogP contribution in [-0.4, -0.2) is 17.5 Å². The van der Waals surface area contributed by atoms with E-state index in [-0.39, 0.29) is 13.0 Å². The highest BCUT2D eigenvalue weighted by Gasteiger charge is 2.19. The SMILES string of the molecule is NNOC(=O)CCOc1c(F)cccc1[N+](=O)[O-]. The Bertz CT molecular complexity index is 454. The van der Waals surface area contributed by atoms with Gasteiger partial charge in [-0.05, 0) is 6.07 Å². The molecule has 0 bridgehead atoms. The fraction of sp³-hybridized carbons (Fsp3) is 0.222. The molecule has 0 unspecified atom stereocenters. The third kappa shape index (κ3) is 3.64. The van der Waals surface area contributed by atoms with Gasteiger partial charge in [0.15, 0.2) is 5.82 Å². The fourth-order valence-electron chi connectivity index (χ4n) is 1.14. The van der Waals surface area contributed by atoms with Crippen molar-refractivity contribution in [2.45, 2.75) is 6.42 Å². The van der Waals surface area contributed by atoms with Crippen LogP contribution in [0, 0.1) is 15.9 Å². The second-order valence-corrected chi connectivity index (χ2v) is 3.04. The molecule has 0 atom stereocenters. The van der Waals surface area contributed by atoms with Crippen molar-refractivity contribution in [3.8, 4) is 5.75 Å². The van der Waals surface area contributed by atoms with Crippen molar-refractivity contribution in [1.82, 2.24) is 5.59 Å². The molecular weight excluding hydrogens is 249 g/mol. The van der Waals surface area contributed by atoms with Gasteiger partial charge < -0.3 is 9.57 Å². The lowest BCUT2D eigenvalue weighted by Gasteiger charge is -2.07. The highest BCUT2D eigenvalue weighted by molar-refractivity contribution is 5.69. The molecule has 0 saturated heterocycles. The molecule has 8 nitrogen and oxygen atoms in total. The Morgan fingerprint density at radius 2 is 2.28 bits per heavy atom. The van der Waals surface area contributed by atoms with Crippen molar-refractivity contribution in [2.24, 2.45) is 5.84 Å². The summed E-state index contributed by atoms with van der Waals surface area (Å²) < 4.78 is 18.2. The minimum absolute atomic E-state index is 0.240. The molecule has 0 spiro atoms. The van der Waals surface area contributed by atoms with Crippen LogP contribution in [0.3, 0.4) is 0 Å². The van der Waals surface area contributed by atoms with Crippen LogP contribution >= 0.6 is 0 Å². The van der Waals surface area contributed by atoms with E-state index in [2.05, 4.69) is 4.84 Å². The molecular formula is C9H10FN3O5. The van der Waals surface area contributed by atoms with E-state index in [0.29, 0.717) is 0 Å². The number of nitro benzene ring substituents is 1. The molecule has 98 valence electrons. The lowest BCUT2D eigenvalue weighted by atomic mass is 10.3. The molecule has 0 heterocycles. The van der Waals surface area contributed by atoms with Crippen LogP contribution < -0.4 is 16.2 Å². The number of carbonyl (C=O) groups excluding carboxylic acids is 1. The van der Waals surface area contributed by atoms with Gasteiger partial charge in [0.05, 0.1) is 18.0 Å². The number of nitrogens with zero attached hydrogens (tertiary/aromatic N) is 1. The molecule has 0 amide bonds. The van der Waals surface area contributed by atoms with Crippen molar-refractivity contribution >= 4 is 11.7 Å². The summed E-state index contributed by atoms with van der Waals surface area (Å²) in [4.78, 5) is 24.9. The molecule has 1 aromatic rings. The summed E-state index contributed by atoms with van der Waals surface area (Å²) in [5, 5.41) is 10.6. The van der Waals surface area contributed by atoms with Gasteiger partial charge >= 0.3 is 11.7 Å². The summed E-state index contributed by atoms with van der Waals surface area (Å²) in [6, 6.07) is 3.30. The number of carbonyl (C=O) groups is 1. The van der Waals surface area contributed by atoms with Gasteiger partial charge in [-0.15, -0.1) is 0 Å². The minimum Gasteiger partial charge on any atom is -0.484 e. The molecule has 0 aliphatic heterocycles. The van der Waals surface area contributed by atoms with Gasteiger partial charge in [0.25, 0.3) is 0 Å². The summed E-state index contributed by atoms with van der Waals surface area (Å²) in [7, 11) is 0. The monoisotopic (exact) mass is 259 g/mol. The van der Waals surface area contributed by atoms with E-state index in [9.17, 15) is 19.3 Å². The topological polar surface area (TPSA) is 117 Å². The quantitative estimate of drug-likeness (QED) is 0.432. The molecule has 1 aromatic carbocycles. The number of hydrogen-bond donors (Lipinski definition) is 2. The van der Waals surface area contributed by atoms with E-state index in [1.807, 2.05) is 0 Å². The van der Waals surface area contributed by atoms with Crippen LogP contribution in [0.15, 0.2) is 18.2 Å². The fourth-order valence-corrected chi connectivity index (χ4v) is 1.14. The summed E-state index contributed by atoms with van der Waals surface area (Å²) >= 11 is 0. The number of halogens is 1. The molecule has 0 aromatic heterocycles. The van der Waals surface area contributed by atoms with Crippen LogP contribution in [0.25, 0.3) is 0 Å². The molecule has 18 heavy (non-hydrogen) atoms. The minimum atomic E-state index is -0.880. The summed E-state index contributed by atoms with van der Waals surface area (Å²) in [5.41, 5.74) is 1.16. The normalized spacial score (nSPS) is 9.89. The molecule has 0 fully saturated rings. The van der Waals surface area contributed by atoms with E-state index in [1.54, 1.807) is 5.59 Å². The molecule has 0 saturated carbocycles. The number of hydrogen-bond acceptors (Lipinski definition) is 7. The Morgan fingerprint density at radius 3 is 2.89 bits per heavy atom. The zero-order valence-electron chi connectivity index (χ0n) is 9.09. The van der Waals surface area contributed by atoms with Crippen LogP contribution in [0.5, 0.6) is 5.75 Å². The summed E-state index contributed by atoms with van der Waals surface area (Å²) in [6.45, 7) is -0.276. The van der Waals surface area contributed by atoms with E-state index < -0.39 is 28.1 Å². The summed E-state index contributed by atoms with van der Waals surface area (Å²) in [6.07, 6.45) is -0.240. The first-order chi connectivity index (χ1) is 8.56. The van der Waals surface area contributed by atoms with Crippen molar-refractivity contribution in [3.63, 3.8) is 0 Å². The molecule has 1 rings (SSSR count). The second-order valence-electron chi connectivity index (χ2n) is 3.04. The lowest BCUT2D eigenvalue weighted by molar-refractivity contribution is -0.386. The average Bonchev–Trinajstić information content (AvgIpc) is 2.31. The lowest BCUT2D eigenvalue weighted by Crippen LogP contribution is -2.27. The van der Waals surface area contributed by atoms with Gasteiger partial charge in [-0.25, -0.2) is 10.2 Å². The highest BCUT2D eigenvalue weighted by Crippen LogP contribution is 2.29. The Morgan fingerprint density at radius 1 is 1.56 bits per heavy atom. The number of para-hydroxylation sites is 1. The number of ether oxygens (including phenoxy) is 1. The first-order valence-corrected chi connectivity index (χ1v) is 4.77. The zero-order valence-corrected chi connectivity index (χ0v) is 9.09. The predicted octanol–water partition coefficient (Wildman–Crippen LogP) is 0.424. The largest absolute Gasteiger partial charge is 0.484 e. The van der Waals surface area contributed by atoms with Crippen molar-refractivity contribution in [3.05, 3.63) is 34.1 Å². The molecule has 0 aliphatic carbocycles. The summed E-state index contributed by atoms with van der Waals surface area (Å²) in [5.74, 6) is 2.58. The van der Waals surface area contributed by atoms with Gasteiger partial charge in [0.1, 0.15) is 0 Å². The number of nitrogens with one attached hydrogen (secondary N) is 1. The maximum atomic E-state index is 13.3. The van der Waals surface area contributed by atoms with Crippen LogP contribution in [0.4, 0.5) is 10.1 Å². The first kappa shape index (κ1) is 13.8. The first-order valence-electron chi connectivity index (χ1n) is 4.77. The third-order valence-corrected chi connectivity index (χ3v) is 1.87. The zero-order chi connectivity index (χ0) is 13.5. The molecule has 0 aliphatic rings. The van der Waals surface area contributed by atoms with E-state index >= 15 is 0 Å². The van der Waals surface area contributed by atoms with Gasteiger partial charge in [-0.3, -0.25) is 14.9 Å². The van der Waals surface area contributed by atoms with Crippen molar-refractivity contribution in [1.29, 1.82) is 0 Å². The van der Waals surface area contributed by atoms with Crippen LogP contribution in [-0.2, 0) is 9.63 Å². The predicted molar refractivity (Wildman–Crippen MR) is 56.6 cm³/mol. The molecule has 0 radical (unpaired) electrons. The highest BCUT2D eigenvalue weighted by atomic mass is 19.1. The van der Waals surface area contributed by atoms with Gasteiger partial charge in [0, 0.05) is 6.07 Å². The molecule has 9 heteroatoms. The number of benzene rings is 1. The Balaban J connectivity index is 2.67. The third-order valence-electron chi connectivity index (χ3n) is 1.87. The number of nitro groups is 1. The smallest absolute Gasteiger partial charge is 0.329 e. The standard InChI is InChI=1S/C9H10FN3O5/c10-6-2-1-3-7(13(15)16)9(6)17-5-4-8(14)18-12-11/h1-3,12H,4-5,11H2. The van der Waals surface area contributed by atoms with Gasteiger partial charge in [0.2, 0.25) is 5.75 Å². The van der Waals surface area contributed by atoms with Crippen molar-refractivity contribution < 1.29 is 23.7 Å². The van der Waals surface area contributed by atoms with Crippen LogP contribution in [0.1, 0.15) is 6.42 Å². The Labute approximate surface area is 101 Å². The maximum absolute atomic E-state index is 13.3. The number of hydrazine groups is 1.